The van der Waals surface area contributed by atoms with Crippen LogP contribution in [0.4, 0.5) is 5.69 Å². The first-order valence-electron chi connectivity index (χ1n) is 8.18. The van der Waals surface area contributed by atoms with Gasteiger partial charge in [0.25, 0.3) is 0 Å². The lowest BCUT2D eigenvalue weighted by Crippen LogP contribution is -2.27. The average molecular weight is 392 g/mol. The van der Waals surface area contributed by atoms with E-state index in [2.05, 4.69) is 0 Å². The molecule has 3 rings (SSSR count). The Morgan fingerprint density at radius 1 is 1.27 bits per heavy atom. The number of hydrogen-bond donors (Lipinski definition) is 0. The zero-order valence-electron chi connectivity index (χ0n) is 14.5. The molecule has 0 bridgehead atoms. The number of benzene rings is 1. The molecule has 0 radical (unpaired) electrons. The van der Waals surface area contributed by atoms with Crippen LogP contribution in [-0.2, 0) is 14.3 Å². The van der Waals surface area contributed by atoms with Crippen LogP contribution in [0.5, 0.6) is 0 Å². The number of rotatable bonds is 5. The van der Waals surface area contributed by atoms with Crippen molar-refractivity contribution in [3.63, 3.8) is 0 Å². The van der Waals surface area contributed by atoms with Gasteiger partial charge >= 0.3 is 5.97 Å². The maximum absolute atomic E-state index is 12.4. The smallest absolute Gasteiger partial charge is 0.311 e. The fourth-order valence-corrected chi connectivity index (χ4v) is 3.88. The summed E-state index contributed by atoms with van der Waals surface area (Å²) in [4.78, 5) is 38.7. The largest absolute Gasteiger partial charge is 0.457 e. The highest BCUT2D eigenvalue weighted by Crippen LogP contribution is 2.30. The van der Waals surface area contributed by atoms with Crippen molar-refractivity contribution in [3.05, 3.63) is 50.7 Å². The van der Waals surface area contributed by atoms with Gasteiger partial charge in [0, 0.05) is 18.7 Å². The second-order valence-electron chi connectivity index (χ2n) is 6.26. The number of halogens is 1. The van der Waals surface area contributed by atoms with Gasteiger partial charge in [0.15, 0.2) is 6.61 Å². The summed E-state index contributed by atoms with van der Waals surface area (Å²) in [7, 11) is 0. The van der Waals surface area contributed by atoms with Crippen molar-refractivity contribution in [2.45, 2.75) is 20.3 Å². The zero-order chi connectivity index (χ0) is 18.8. The van der Waals surface area contributed by atoms with E-state index in [1.54, 1.807) is 17.0 Å². The van der Waals surface area contributed by atoms with Crippen LogP contribution in [0.25, 0.3) is 0 Å². The summed E-state index contributed by atoms with van der Waals surface area (Å²) in [5.41, 5.74) is 2.91. The normalized spacial score (nSPS) is 16.8. The van der Waals surface area contributed by atoms with Gasteiger partial charge in [-0.05, 0) is 43.2 Å². The molecular weight excluding hydrogens is 374 g/mol. The molecule has 1 saturated heterocycles. The third-order valence-electron chi connectivity index (χ3n) is 4.52. The number of hydrogen-bond acceptors (Lipinski definition) is 5. The number of ether oxygens (including phenoxy) is 1. The van der Waals surface area contributed by atoms with Gasteiger partial charge in [0.1, 0.15) is 0 Å². The maximum atomic E-state index is 12.4. The van der Waals surface area contributed by atoms with Crippen LogP contribution in [0, 0.1) is 19.8 Å². The summed E-state index contributed by atoms with van der Waals surface area (Å²) in [5, 5.41) is 0. The molecule has 2 heterocycles. The number of nitrogens with zero attached hydrogens (tertiary/aromatic N) is 1. The predicted octanol–water partition coefficient (Wildman–Crippen LogP) is 3.80. The summed E-state index contributed by atoms with van der Waals surface area (Å²) >= 11 is 6.94. The Morgan fingerprint density at radius 3 is 2.73 bits per heavy atom. The lowest BCUT2D eigenvalue weighted by atomic mass is 10.1. The maximum Gasteiger partial charge on any atom is 0.311 e. The van der Waals surface area contributed by atoms with Crippen LogP contribution in [0.2, 0.25) is 4.34 Å². The molecular formula is C19H18ClNO4S. The van der Waals surface area contributed by atoms with Gasteiger partial charge in [-0.3, -0.25) is 14.4 Å². The van der Waals surface area contributed by atoms with E-state index in [-0.39, 0.29) is 31.3 Å². The number of aryl methyl sites for hydroxylation is 1. The van der Waals surface area contributed by atoms with Gasteiger partial charge in [-0.15, -0.1) is 11.3 Å². The van der Waals surface area contributed by atoms with Crippen LogP contribution in [0.15, 0.2) is 30.3 Å². The topological polar surface area (TPSA) is 63.7 Å². The molecule has 1 aliphatic rings. The molecule has 136 valence electrons. The molecule has 26 heavy (non-hydrogen) atoms. The number of anilines is 1. The molecule has 1 aromatic carbocycles. The van der Waals surface area contributed by atoms with Crippen LogP contribution >= 0.6 is 22.9 Å². The SMILES string of the molecule is Cc1cccc(N2C[C@@H](C(=O)OCC(=O)c3ccc(Cl)s3)CC2=O)c1C. The predicted molar refractivity (Wildman–Crippen MR) is 101 cm³/mol. The highest BCUT2D eigenvalue weighted by molar-refractivity contribution is 7.18. The molecule has 1 fully saturated rings. The number of esters is 1. The Kier molecular flexibility index (Phi) is 5.44. The number of thiophene rings is 1. The van der Waals surface area contributed by atoms with E-state index in [9.17, 15) is 14.4 Å². The minimum atomic E-state index is -0.567. The second kappa shape index (κ2) is 7.60. The molecule has 0 saturated carbocycles. The van der Waals surface area contributed by atoms with Crippen molar-refractivity contribution < 1.29 is 19.1 Å². The number of amides is 1. The Labute approximate surface area is 160 Å². The molecule has 1 aromatic heterocycles. The molecule has 0 spiro atoms. The van der Waals surface area contributed by atoms with Crippen LogP contribution in [-0.4, -0.2) is 30.8 Å². The lowest BCUT2D eigenvalue weighted by molar-refractivity contribution is -0.147. The third-order valence-corrected chi connectivity index (χ3v) is 5.79. The number of Topliss-reactive ketones (excluding diaryl/α,β-unsaturated/α-hetero) is 1. The van der Waals surface area contributed by atoms with E-state index in [1.165, 1.54) is 0 Å². The van der Waals surface area contributed by atoms with E-state index in [0.717, 1.165) is 28.2 Å². The minimum absolute atomic E-state index is 0.0885. The molecule has 2 aromatic rings. The Hall–Kier alpha value is -2.18. The molecule has 5 nitrogen and oxygen atoms in total. The van der Waals surface area contributed by atoms with E-state index in [0.29, 0.717) is 9.21 Å². The Balaban J connectivity index is 1.62. The van der Waals surface area contributed by atoms with Gasteiger partial charge in [0.2, 0.25) is 11.7 Å². The van der Waals surface area contributed by atoms with E-state index in [4.69, 9.17) is 16.3 Å². The van der Waals surface area contributed by atoms with E-state index >= 15 is 0 Å². The fourth-order valence-electron chi connectivity index (χ4n) is 2.92. The standard InChI is InChI=1S/C19H18ClNO4S/c1-11-4-3-5-14(12(11)2)21-9-13(8-18(21)23)19(24)25-10-15(22)16-6-7-17(20)26-16/h3-7,13H,8-10H2,1-2H3/t13-/m0/s1. The van der Waals surface area contributed by atoms with Gasteiger partial charge < -0.3 is 9.64 Å². The molecule has 1 atom stereocenters. The van der Waals surface area contributed by atoms with Gasteiger partial charge in [-0.2, -0.15) is 0 Å². The molecule has 1 aliphatic heterocycles. The van der Waals surface area contributed by atoms with Crippen molar-refractivity contribution in [3.8, 4) is 0 Å². The first-order chi connectivity index (χ1) is 12.4. The van der Waals surface area contributed by atoms with Crippen LogP contribution in [0.1, 0.15) is 27.2 Å². The molecule has 0 aliphatic carbocycles. The van der Waals surface area contributed by atoms with Crippen LogP contribution in [0.3, 0.4) is 0 Å². The lowest BCUT2D eigenvalue weighted by Gasteiger charge is -2.20. The second-order valence-corrected chi connectivity index (χ2v) is 7.97. The summed E-state index contributed by atoms with van der Waals surface area (Å²) in [6.45, 7) is 3.85. The summed E-state index contributed by atoms with van der Waals surface area (Å²) in [5.74, 6) is -1.51. The monoisotopic (exact) mass is 391 g/mol. The molecule has 0 unspecified atom stereocenters. The van der Waals surface area contributed by atoms with Crippen molar-refractivity contribution in [2.75, 3.05) is 18.1 Å². The molecule has 1 amide bonds. The van der Waals surface area contributed by atoms with Gasteiger partial charge in [-0.1, -0.05) is 23.7 Å². The quantitative estimate of drug-likeness (QED) is 0.574. The summed E-state index contributed by atoms with van der Waals surface area (Å²) in [6.07, 6.45) is 0.0885. The summed E-state index contributed by atoms with van der Waals surface area (Å²) < 4.78 is 5.64. The third kappa shape index (κ3) is 3.81. The van der Waals surface area contributed by atoms with Crippen molar-refractivity contribution in [2.24, 2.45) is 5.92 Å². The van der Waals surface area contributed by atoms with Gasteiger partial charge in [-0.25, -0.2) is 0 Å². The van der Waals surface area contributed by atoms with Crippen molar-refractivity contribution >= 4 is 46.3 Å². The first-order valence-corrected chi connectivity index (χ1v) is 9.38. The highest BCUT2D eigenvalue weighted by atomic mass is 35.5. The fraction of sp³-hybridized carbons (Fsp3) is 0.316. The minimum Gasteiger partial charge on any atom is -0.457 e. The number of ketones is 1. The number of carbonyl (C=O) groups excluding carboxylic acids is 3. The zero-order valence-corrected chi connectivity index (χ0v) is 16.0. The Bertz CT molecular complexity index is 876. The van der Waals surface area contributed by atoms with Crippen LogP contribution < -0.4 is 4.90 Å². The summed E-state index contributed by atoms with van der Waals surface area (Å²) in [6, 6.07) is 8.97. The van der Waals surface area contributed by atoms with Crippen molar-refractivity contribution in [1.29, 1.82) is 0 Å². The number of carbonyl (C=O) groups is 3. The van der Waals surface area contributed by atoms with Gasteiger partial charge in [0.05, 0.1) is 15.1 Å². The first kappa shape index (κ1) is 18.6. The molecule has 0 N–H and O–H groups in total. The molecule has 7 heteroatoms. The van der Waals surface area contributed by atoms with E-state index in [1.807, 2.05) is 32.0 Å². The Morgan fingerprint density at radius 2 is 2.04 bits per heavy atom. The highest BCUT2D eigenvalue weighted by Gasteiger charge is 2.37. The van der Waals surface area contributed by atoms with E-state index < -0.39 is 11.9 Å². The van der Waals surface area contributed by atoms with Crippen molar-refractivity contribution in [1.82, 2.24) is 0 Å². The average Bonchev–Trinajstić information content (AvgIpc) is 3.21.